The summed E-state index contributed by atoms with van der Waals surface area (Å²) in [7, 11) is 0. The molecule has 3 nitrogen and oxygen atoms in total. The van der Waals surface area contributed by atoms with Gasteiger partial charge in [0, 0.05) is 10.3 Å². The summed E-state index contributed by atoms with van der Waals surface area (Å²) in [6.45, 7) is 0. The van der Waals surface area contributed by atoms with E-state index in [1.807, 2.05) is 6.07 Å². The van der Waals surface area contributed by atoms with Crippen molar-refractivity contribution in [3.8, 4) is 6.07 Å². The number of aliphatic carboxylic acids is 1. The lowest BCUT2D eigenvalue weighted by Crippen LogP contribution is -2.10. The Bertz CT molecular complexity index is 412. The zero-order chi connectivity index (χ0) is 10.2. The van der Waals surface area contributed by atoms with Crippen LogP contribution in [0.2, 0.25) is 0 Å². The highest BCUT2D eigenvalue weighted by molar-refractivity contribution is 7.12. The van der Waals surface area contributed by atoms with Crippen LogP contribution in [-0.4, -0.2) is 11.1 Å². The molecule has 1 aliphatic carbocycles. The molecule has 0 spiro atoms. The molecule has 72 valence electrons. The van der Waals surface area contributed by atoms with Gasteiger partial charge in [-0.1, -0.05) is 0 Å². The van der Waals surface area contributed by atoms with Gasteiger partial charge in [0.05, 0.1) is 6.42 Å². The minimum Gasteiger partial charge on any atom is -0.481 e. The number of nitriles is 1. The molecule has 1 fully saturated rings. The molecule has 0 aromatic carbocycles. The summed E-state index contributed by atoms with van der Waals surface area (Å²) in [5, 5.41) is 17.4. The molecule has 1 aliphatic rings. The Hall–Kier alpha value is -1.34. The second-order valence-corrected chi connectivity index (χ2v) is 4.71. The van der Waals surface area contributed by atoms with Gasteiger partial charge in [-0.25, -0.2) is 0 Å². The number of carbonyl (C=O) groups is 1. The van der Waals surface area contributed by atoms with Crippen LogP contribution < -0.4 is 0 Å². The second kappa shape index (κ2) is 3.10. The van der Waals surface area contributed by atoms with Gasteiger partial charge in [-0.2, -0.15) is 5.26 Å². The molecule has 0 radical (unpaired) electrons. The third-order valence-electron chi connectivity index (χ3n) is 2.58. The summed E-state index contributed by atoms with van der Waals surface area (Å²) in [6.07, 6.45) is 2.06. The molecule has 0 unspecified atom stereocenters. The van der Waals surface area contributed by atoms with Crippen LogP contribution >= 0.6 is 11.3 Å². The predicted molar refractivity (Wildman–Crippen MR) is 52.2 cm³/mol. The van der Waals surface area contributed by atoms with Crippen LogP contribution in [0, 0.1) is 11.3 Å². The lowest BCUT2D eigenvalue weighted by Gasteiger charge is -2.08. The largest absolute Gasteiger partial charge is 0.481 e. The van der Waals surface area contributed by atoms with Gasteiger partial charge in [0.25, 0.3) is 0 Å². The van der Waals surface area contributed by atoms with Crippen molar-refractivity contribution < 1.29 is 9.90 Å². The number of nitrogens with zero attached hydrogens (tertiary/aromatic N) is 1. The molecule has 1 saturated carbocycles. The van der Waals surface area contributed by atoms with E-state index in [1.54, 1.807) is 6.07 Å². The molecule has 14 heavy (non-hydrogen) atoms. The molecule has 4 heteroatoms. The monoisotopic (exact) mass is 207 g/mol. The summed E-state index contributed by atoms with van der Waals surface area (Å²) >= 11 is 1.42. The zero-order valence-corrected chi connectivity index (χ0v) is 8.30. The topological polar surface area (TPSA) is 61.1 Å². The molecule has 2 rings (SSSR count). The third kappa shape index (κ3) is 1.51. The first-order valence-electron chi connectivity index (χ1n) is 4.38. The Kier molecular flexibility index (Phi) is 2.05. The van der Waals surface area contributed by atoms with Gasteiger partial charge in [-0.15, -0.1) is 11.3 Å². The fraction of sp³-hybridized carbons (Fsp3) is 0.400. The Morgan fingerprint density at radius 3 is 2.79 bits per heavy atom. The smallest absolute Gasteiger partial charge is 0.304 e. The molecule has 0 aliphatic heterocycles. The highest BCUT2D eigenvalue weighted by Crippen LogP contribution is 2.53. The standard InChI is InChI=1S/C10H9NO2S/c11-6-7-1-2-8(14-7)10(3-4-10)5-9(12)13/h1-2H,3-5H2,(H,12,13). The average Bonchev–Trinajstić information content (AvgIpc) is 2.76. The van der Waals surface area contributed by atoms with Crippen molar-refractivity contribution in [3.63, 3.8) is 0 Å². The van der Waals surface area contributed by atoms with Crippen molar-refractivity contribution in [2.75, 3.05) is 0 Å². The first-order valence-corrected chi connectivity index (χ1v) is 5.20. The first-order chi connectivity index (χ1) is 6.66. The summed E-state index contributed by atoms with van der Waals surface area (Å²) in [4.78, 5) is 12.4. The van der Waals surface area contributed by atoms with Crippen molar-refractivity contribution in [3.05, 3.63) is 21.9 Å². The SMILES string of the molecule is N#Cc1ccc(C2(CC(=O)O)CC2)s1. The molecule has 1 aromatic rings. The van der Waals surface area contributed by atoms with Crippen LogP contribution in [0.25, 0.3) is 0 Å². The van der Waals surface area contributed by atoms with Gasteiger partial charge in [-0.05, 0) is 25.0 Å². The van der Waals surface area contributed by atoms with Gasteiger partial charge in [-0.3, -0.25) is 4.79 Å². The van der Waals surface area contributed by atoms with E-state index >= 15 is 0 Å². The quantitative estimate of drug-likeness (QED) is 0.825. The molecule has 0 saturated heterocycles. The maximum atomic E-state index is 10.6. The van der Waals surface area contributed by atoms with Gasteiger partial charge in [0.15, 0.2) is 0 Å². The highest BCUT2D eigenvalue weighted by atomic mass is 32.1. The van der Waals surface area contributed by atoms with E-state index in [-0.39, 0.29) is 11.8 Å². The maximum Gasteiger partial charge on any atom is 0.304 e. The molecular weight excluding hydrogens is 198 g/mol. The molecule has 1 N–H and O–H groups in total. The Morgan fingerprint density at radius 2 is 2.36 bits per heavy atom. The van der Waals surface area contributed by atoms with Crippen LogP contribution in [0.5, 0.6) is 0 Å². The minimum atomic E-state index is -0.755. The summed E-state index contributed by atoms with van der Waals surface area (Å²) in [6, 6.07) is 5.73. The number of carboxylic acids is 1. The highest BCUT2D eigenvalue weighted by Gasteiger charge is 2.47. The third-order valence-corrected chi connectivity index (χ3v) is 3.82. The average molecular weight is 207 g/mol. The van der Waals surface area contributed by atoms with Crippen LogP contribution in [0.4, 0.5) is 0 Å². The number of carboxylic acid groups (broad SMARTS) is 1. The Labute approximate surface area is 85.6 Å². The van der Waals surface area contributed by atoms with Gasteiger partial charge < -0.3 is 5.11 Å². The second-order valence-electron chi connectivity index (χ2n) is 3.63. The first kappa shape index (κ1) is 9.22. The van der Waals surface area contributed by atoms with E-state index in [4.69, 9.17) is 10.4 Å². The van der Waals surface area contributed by atoms with E-state index < -0.39 is 5.97 Å². The van der Waals surface area contributed by atoms with Crippen molar-refractivity contribution in [1.29, 1.82) is 5.26 Å². The van der Waals surface area contributed by atoms with Gasteiger partial charge in [0.2, 0.25) is 0 Å². The van der Waals surface area contributed by atoms with Crippen LogP contribution in [0.1, 0.15) is 29.0 Å². The predicted octanol–water partition coefficient (Wildman–Crippen LogP) is 2.13. The van der Waals surface area contributed by atoms with Gasteiger partial charge >= 0.3 is 5.97 Å². The van der Waals surface area contributed by atoms with Crippen LogP contribution in [0.15, 0.2) is 12.1 Å². The number of thiophene rings is 1. The molecule has 1 aromatic heterocycles. The van der Waals surface area contributed by atoms with Crippen molar-refractivity contribution in [1.82, 2.24) is 0 Å². The van der Waals surface area contributed by atoms with Crippen LogP contribution in [0.3, 0.4) is 0 Å². The van der Waals surface area contributed by atoms with Crippen molar-refractivity contribution >= 4 is 17.3 Å². The fourth-order valence-corrected chi connectivity index (χ4v) is 2.68. The van der Waals surface area contributed by atoms with E-state index in [0.717, 1.165) is 17.7 Å². The van der Waals surface area contributed by atoms with E-state index in [0.29, 0.717) is 4.88 Å². The Balaban J connectivity index is 2.23. The maximum absolute atomic E-state index is 10.6. The molecule has 0 bridgehead atoms. The van der Waals surface area contributed by atoms with E-state index in [1.165, 1.54) is 11.3 Å². The van der Waals surface area contributed by atoms with Gasteiger partial charge in [0.1, 0.15) is 10.9 Å². The zero-order valence-electron chi connectivity index (χ0n) is 7.49. The number of hydrogen-bond acceptors (Lipinski definition) is 3. The summed E-state index contributed by atoms with van der Waals surface area (Å²) in [5.74, 6) is -0.755. The number of hydrogen-bond donors (Lipinski definition) is 1. The van der Waals surface area contributed by atoms with Crippen LogP contribution in [-0.2, 0) is 10.2 Å². The fourth-order valence-electron chi connectivity index (χ4n) is 1.63. The minimum absolute atomic E-state index is 0.147. The molecule has 0 atom stereocenters. The van der Waals surface area contributed by atoms with E-state index in [9.17, 15) is 4.79 Å². The lowest BCUT2D eigenvalue weighted by molar-refractivity contribution is -0.137. The molecule has 0 amide bonds. The van der Waals surface area contributed by atoms with Crippen molar-refractivity contribution in [2.24, 2.45) is 0 Å². The summed E-state index contributed by atoms with van der Waals surface area (Å²) < 4.78 is 0. The molecular formula is C10H9NO2S. The normalized spacial score (nSPS) is 17.4. The van der Waals surface area contributed by atoms with E-state index in [2.05, 4.69) is 6.07 Å². The molecule has 1 heterocycles. The summed E-state index contributed by atoms with van der Waals surface area (Å²) in [5.41, 5.74) is -0.147. The lowest BCUT2D eigenvalue weighted by atomic mass is 10.0. The Morgan fingerprint density at radius 1 is 1.64 bits per heavy atom. The van der Waals surface area contributed by atoms with Crippen molar-refractivity contribution in [2.45, 2.75) is 24.7 Å². The number of rotatable bonds is 3.